The largest absolute Gasteiger partial charge is 0.287 e. The number of nitrogens with zero attached hydrogens (tertiary/aromatic N) is 2. The number of rotatable bonds is 5. The molecule has 0 atom stereocenters. The van der Waals surface area contributed by atoms with Gasteiger partial charge in [0.05, 0.1) is 5.69 Å². The summed E-state index contributed by atoms with van der Waals surface area (Å²) in [4.78, 5) is 12.6. The zero-order valence-electron chi connectivity index (χ0n) is 12.7. The summed E-state index contributed by atoms with van der Waals surface area (Å²) in [5, 5.41) is 4.44. The van der Waals surface area contributed by atoms with E-state index < -0.39 is 0 Å². The highest BCUT2D eigenvalue weighted by Gasteiger charge is 2.16. The normalized spacial score (nSPS) is 11.1. The lowest BCUT2D eigenvalue weighted by molar-refractivity contribution is 0.102. The third kappa shape index (κ3) is 2.82. The van der Waals surface area contributed by atoms with Gasteiger partial charge in [0.15, 0.2) is 0 Å². The number of carbonyl (C=O) groups excluding carboxylic acids is 1. The summed E-state index contributed by atoms with van der Waals surface area (Å²) in [7, 11) is 0. The van der Waals surface area contributed by atoms with E-state index in [0.717, 1.165) is 17.7 Å². The smallest absolute Gasteiger partial charge is 0.211 e. The zero-order valence-corrected chi connectivity index (χ0v) is 12.7. The molecule has 20 heavy (non-hydrogen) atoms. The number of hydrogen-bond donors (Lipinski definition) is 0. The Hall–Kier alpha value is -1.90. The molecule has 3 heteroatoms. The number of benzene rings is 1. The number of ketones is 1. The Morgan fingerprint density at radius 2 is 1.85 bits per heavy atom. The molecule has 0 bridgehead atoms. The Labute approximate surface area is 120 Å². The van der Waals surface area contributed by atoms with Crippen LogP contribution in [-0.4, -0.2) is 15.6 Å². The maximum absolute atomic E-state index is 12.6. The second-order valence-electron chi connectivity index (χ2n) is 5.30. The Balaban J connectivity index is 2.33. The Bertz CT molecular complexity index is 594. The molecule has 0 spiro atoms. The van der Waals surface area contributed by atoms with Crippen molar-refractivity contribution in [3.63, 3.8) is 0 Å². The first-order valence-electron chi connectivity index (χ1n) is 7.28. The number of aryl methyl sites for hydroxylation is 2. The first kappa shape index (κ1) is 14.5. The first-order valence-corrected chi connectivity index (χ1v) is 7.28. The molecule has 0 saturated carbocycles. The number of aromatic nitrogens is 2. The molecule has 3 nitrogen and oxygen atoms in total. The van der Waals surface area contributed by atoms with Crippen molar-refractivity contribution in [2.45, 2.75) is 46.6 Å². The average Bonchev–Trinajstić information content (AvgIpc) is 2.90. The van der Waals surface area contributed by atoms with E-state index in [1.165, 1.54) is 5.56 Å². The van der Waals surface area contributed by atoms with E-state index in [4.69, 9.17) is 0 Å². The van der Waals surface area contributed by atoms with Gasteiger partial charge in [-0.3, -0.25) is 9.48 Å². The average molecular weight is 270 g/mol. The summed E-state index contributed by atoms with van der Waals surface area (Å²) >= 11 is 0. The van der Waals surface area contributed by atoms with Crippen LogP contribution >= 0.6 is 0 Å². The standard InChI is InChI=1S/C17H22N2O/c1-5-15-11-16(19(6-2)18-15)17(20)14-9-7-13(8-10-14)12(3)4/h7-12H,5-6H2,1-4H3. The highest BCUT2D eigenvalue weighted by atomic mass is 16.1. The van der Waals surface area contributed by atoms with E-state index in [2.05, 4.69) is 18.9 Å². The summed E-state index contributed by atoms with van der Waals surface area (Å²) < 4.78 is 1.79. The predicted molar refractivity (Wildman–Crippen MR) is 81.2 cm³/mol. The van der Waals surface area contributed by atoms with Crippen molar-refractivity contribution in [2.24, 2.45) is 0 Å². The monoisotopic (exact) mass is 270 g/mol. The van der Waals surface area contributed by atoms with Crippen LogP contribution in [0.2, 0.25) is 0 Å². The summed E-state index contributed by atoms with van der Waals surface area (Å²) in [5.74, 6) is 0.529. The maximum Gasteiger partial charge on any atom is 0.211 e. The van der Waals surface area contributed by atoms with Crippen molar-refractivity contribution in [1.82, 2.24) is 9.78 Å². The fraction of sp³-hybridized carbons (Fsp3) is 0.412. The minimum Gasteiger partial charge on any atom is -0.287 e. The minimum absolute atomic E-state index is 0.0503. The number of hydrogen-bond acceptors (Lipinski definition) is 2. The van der Waals surface area contributed by atoms with Crippen LogP contribution in [0.3, 0.4) is 0 Å². The summed E-state index contributed by atoms with van der Waals surface area (Å²) in [6, 6.07) is 9.80. The van der Waals surface area contributed by atoms with E-state index in [1.807, 2.05) is 44.2 Å². The molecule has 0 aliphatic rings. The molecule has 0 aliphatic carbocycles. The molecule has 0 fully saturated rings. The Morgan fingerprint density at radius 3 is 2.35 bits per heavy atom. The van der Waals surface area contributed by atoms with Crippen molar-refractivity contribution < 1.29 is 4.79 Å². The van der Waals surface area contributed by atoms with Gasteiger partial charge in [-0.1, -0.05) is 45.0 Å². The van der Waals surface area contributed by atoms with Gasteiger partial charge < -0.3 is 0 Å². The molecule has 0 radical (unpaired) electrons. The highest BCUT2D eigenvalue weighted by Crippen LogP contribution is 2.17. The van der Waals surface area contributed by atoms with E-state index in [0.29, 0.717) is 18.2 Å². The Morgan fingerprint density at radius 1 is 1.20 bits per heavy atom. The van der Waals surface area contributed by atoms with E-state index in [1.54, 1.807) is 4.68 Å². The topological polar surface area (TPSA) is 34.9 Å². The van der Waals surface area contributed by atoms with Crippen LogP contribution in [0.1, 0.15) is 60.9 Å². The fourth-order valence-electron chi connectivity index (χ4n) is 2.23. The van der Waals surface area contributed by atoms with Crippen LogP contribution in [0.5, 0.6) is 0 Å². The third-order valence-corrected chi connectivity index (χ3v) is 3.56. The van der Waals surface area contributed by atoms with Crippen LogP contribution in [-0.2, 0) is 13.0 Å². The lowest BCUT2D eigenvalue weighted by Crippen LogP contribution is -2.10. The third-order valence-electron chi connectivity index (χ3n) is 3.56. The zero-order chi connectivity index (χ0) is 14.7. The SMILES string of the molecule is CCc1cc(C(=O)c2ccc(C(C)C)cc2)n(CC)n1. The Kier molecular flexibility index (Phi) is 4.38. The molecule has 1 heterocycles. The highest BCUT2D eigenvalue weighted by molar-refractivity contribution is 6.08. The van der Waals surface area contributed by atoms with Gasteiger partial charge in [-0.15, -0.1) is 0 Å². The molecule has 2 aromatic rings. The second-order valence-corrected chi connectivity index (χ2v) is 5.30. The molecule has 1 aromatic carbocycles. The molecule has 0 saturated heterocycles. The molecule has 0 aliphatic heterocycles. The molecular formula is C17H22N2O. The van der Waals surface area contributed by atoms with Gasteiger partial charge in [0.1, 0.15) is 5.69 Å². The molecule has 1 aromatic heterocycles. The van der Waals surface area contributed by atoms with Crippen LogP contribution < -0.4 is 0 Å². The maximum atomic E-state index is 12.6. The van der Waals surface area contributed by atoms with E-state index in [9.17, 15) is 4.79 Å². The molecule has 106 valence electrons. The van der Waals surface area contributed by atoms with E-state index in [-0.39, 0.29) is 5.78 Å². The molecule has 0 amide bonds. The molecule has 0 unspecified atom stereocenters. The van der Waals surface area contributed by atoms with Crippen molar-refractivity contribution >= 4 is 5.78 Å². The predicted octanol–water partition coefficient (Wildman–Crippen LogP) is 3.82. The van der Waals surface area contributed by atoms with Gasteiger partial charge in [-0.2, -0.15) is 5.10 Å². The van der Waals surface area contributed by atoms with Crippen molar-refractivity contribution in [3.05, 3.63) is 52.8 Å². The second kappa shape index (κ2) is 6.04. The summed E-state index contributed by atoms with van der Waals surface area (Å²) in [6.45, 7) is 9.07. The van der Waals surface area contributed by atoms with Crippen molar-refractivity contribution in [1.29, 1.82) is 0 Å². The fourth-order valence-corrected chi connectivity index (χ4v) is 2.23. The molecule has 2 rings (SSSR count). The van der Waals surface area contributed by atoms with Gasteiger partial charge in [-0.25, -0.2) is 0 Å². The molecule has 0 N–H and O–H groups in total. The lowest BCUT2D eigenvalue weighted by atomic mass is 9.99. The minimum atomic E-state index is 0.0503. The van der Waals surface area contributed by atoms with Crippen LogP contribution in [0.4, 0.5) is 0 Å². The van der Waals surface area contributed by atoms with Gasteiger partial charge in [0, 0.05) is 12.1 Å². The van der Waals surface area contributed by atoms with Crippen LogP contribution in [0.25, 0.3) is 0 Å². The number of carbonyl (C=O) groups is 1. The van der Waals surface area contributed by atoms with Crippen molar-refractivity contribution in [3.8, 4) is 0 Å². The van der Waals surface area contributed by atoms with Gasteiger partial charge in [-0.05, 0) is 30.9 Å². The van der Waals surface area contributed by atoms with Crippen LogP contribution in [0.15, 0.2) is 30.3 Å². The van der Waals surface area contributed by atoms with Crippen LogP contribution in [0, 0.1) is 0 Å². The van der Waals surface area contributed by atoms with Crippen molar-refractivity contribution in [2.75, 3.05) is 0 Å². The molecular weight excluding hydrogens is 248 g/mol. The van der Waals surface area contributed by atoms with Gasteiger partial charge in [0.2, 0.25) is 5.78 Å². The lowest BCUT2D eigenvalue weighted by Gasteiger charge is -2.07. The summed E-state index contributed by atoms with van der Waals surface area (Å²) in [6.07, 6.45) is 0.847. The first-order chi connectivity index (χ1) is 9.56. The van der Waals surface area contributed by atoms with E-state index >= 15 is 0 Å². The van der Waals surface area contributed by atoms with Gasteiger partial charge >= 0.3 is 0 Å². The van der Waals surface area contributed by atoms with Gasteiger partial charge in [0.25, 0.3) is 0 Å². The quantitative estimate of drug-likeness (QED) is 0.774. The summed E-state index contributed by atoms with van der Waals surface area (Å²) in [5.41, 5.74) is 3.63.